The molecular weight excluding hydrogens is 390 g/mol. The van der Waals surface area contributed by atoms with Crippen molar-refractivity contribution in [3.05, 3.63) is 48.3 Å². The van der Waals surface area contributed by atoms with E-state index in [9.17, 15) is 4.79 Å². The van der Waals surface area contributed by atoms with E-state index in [1.165, 1.54) is 5.56 Å². The average molecular weight is 424 g/mol. The van der Waals surface area contributed by atoms with Crippen LogP contribution in [-0.2, 0) is 11.3 Å². The number of carbonyl (C=O) groups excluding carboxylic acids is 1. The van der Waals surface area contributed by atoms with Crippen LogP contribution in [0, 0.1) is 11.8 Å². The van der Waals surface area contributed by atoms with Crippen LogP contribution in [0.15, 0.2) is 42.7 Å². The van der Waals surface area contributed by atoms with Gasteiger partial charge in [0.25, 0.3) is 0 Å². The molecule has 1 N–H and O–H groups in total. The quantitative estimate of drug-likeness (QED) is 0.738. The smallest absolute Gasteiger partial charge is 0.225 e. The fourth-order valence-corrected chi connectivity index (χ4v) is 4.55. The molecule has 2 aromatic rings. The summed E-state index contributed by atoms with van der Waals surface area (Å²) in [5.41, 5.74) is 1.32. The van der Waals surface area contributed by atoms with Gasteiger partial charge in [0.15, 0.2) is 0 Å². The first-order chi connectivity index (χ1) is 15.2. The number of likely N-dealkylation sites (tertiary alicyclic amines) is 1. The van der Waals surface area contributed by atoms with Crippen LogP contribution in [0.3, 0.4) is 0 Å². The second-order valence-corrected chi connectivity index (χ2v) is 8.65. The number of nitrogens with zero attached hydrogens (tertiary/aromatic N) is 4. The van der Waals surface area contributed by atoms with Gasteiger partial charge in [-0.3, -0.25) is 9.69 Å². The van der Waals surface area contributed by atoms with Crippen LogP contribution in [0.2, 0.25) is 0 Å². The maximum absolute atomic E-state index is 12.8. The molecule has 0 bridgehead atoms. The van der Waals surface area contributed by atoms with Gasteiger partial charge in [0.1, 0.15) is 5.75 Å². The monoisotopic (exact) mass is 423 g/mol. The molecule has 31 heavy (non-hydrogen) atoms. The van der Waals surface area contributed by atoms with E-state index in [1.54, 1.807) is 19.5 Å². The van der Waals surface area contributed by atoms with Crippen LogP contribution in [0.1, 0.15) is 31.2 Å². The first-order valence-electron chi connectivity index (χ1n) is 11.4. The maximum atomic E-state index is 12.8. The molecule has 2 aliphatic heterocycles. The fraction of sp³-hybridized carbons (Fsp3) is 0.542. The summed E-state index contributed by atoms with van der Waals surface area (Å²) in [4.78, 5) is 26.1. The summed E-state index contributed by atoms with van der Waals surface area (Å²) in [6, 6.07) is 10.1. The van der Waals surface area contributed by atoms with Gasteiger partial charge in [0.2, 0.25) is 11.9 Å². The number of rotatable bonds is 7. The number of nitrogens with one attached hydrogen (secondary N) is 1. The molecular formula is C24H33N5O2. The van der Waals surface area contributed by atoms with E-state index in [-0.39, 0.29) is 11.8 Å². The Kier molecular flexibility index (Phi) is 7.35. The number of hydrogen-bond donors (Lipinski definition) is 1. The normalized spacial score (nSPS) is 20.4. The van der Waals surface area contributed by atoms with Crippen molar-refractivity contribution in [2.24, 2.45) is 11.8 Å². The summed E-state index contributed by atoms with van der Waals surface area (Å²) in [5, 5.41) is 3.23. The molecule has 1 atom stereocenters. The Morgan fingerprint density at radius 2 is 1.84 bits per heavy atom. The summed E-state index contributed by atoms with van der Waals surface area (Å²) in [6.45, 7) is 5.54. The van der Waals surface area contributed by atoms with E-state index in [1.807, 2.05) is 18.2 Å². The van der Waals surface area contributed by atoms with Crippen molar-refractivity contribution in [3.63, 3.8) is 0 Å². The highest BCUT2D eigenvalue weighted by Crippen LogP contribution is 2.22. The Morgan fingerprint density at radius 1 is 1.10 bits per heavy atom. The lowest BCUT2D eigenvalue weighted by molar-refractivity contribution is -0.125. The van der Waals surface area contributed by atoms with Gasteiger partial charge in [-0.2, -0.15) is 0 Å². The van der Waals surface area contributed by atoms with E-state index in [0.29, 0.717) is 12.5 Å². The summed E-state index contributed by atoms with van der Waals surface area (Å²) in [6.07, 6.45) is 7.71. The zero-order chi connectivity index (χ0) is 21.5. The van der Waals surface area contributed by atoms with Gasteiger partial charge < -0.3 is 15.0 Å². The summed E-state index contributed by atoms with van der Waals surface area (Å²) >= 11 is 0. The maximum Gasteiger partial charge on any atom is 0.225 e. The van der Waals surface area contributed by atoms with Gasteiger partial charge in [-0.25, -0.2) is 9.97 Å². The van der Waals surface area contributed by atoms with Gasteiger partial charge in [0, 0.05) is 38.6 Å². The zero-order valence-corrected chi connectivity index (χ0v) is 18.4. The summed E-state index contributed by atoms with van der Waals surface area (Å²) < 4.78 is 5.23. The molecule has 2 fully saturated rings. The SMILES string of the molecule is COc1ccc(CN2CCC(CNC(=O)[C@H]3CCCN(c4ncccn4)C3)CC2)cc1. The van der Waals surface area contributed by atoms with Crippen LogP contribution in [0.5, 0.6) is 5.75 Å². The van der Waals surface area contributed by atoms with Crippen molar-refractivity contribution in [2.45, 2.75) is 32.2 Å². The number of aromatic nitrogens is 2. The lowest BCUT2D eigenvalue weighted by atomic mass is 9.94. The third kappa shape index (κ3) is 5.94. The molecule has 1 amide bonds. The van der Waals surface area contributed by atoms with Crippen molar-refractivity contribution < 1.29 is 9.53 Å². The van der Waals surface area contributed by atoms with Crippen LogP contribution < -0.4 is 15.0 Å². The highest BCUT2D eigenvalue weighted by Gasteiger charge is 2.28. The molecule has 0 saturated carbocycles. The van der Waals surface area contributed by atoms with Crippen molar-refractivity contribution in [3.8, 4) is 5.75 Å². The highest BCUT2D eigenvalue weighted by atomic mass is 16.5. The van der Waals surface area contributed by atoms with Gasteiger partial charge >= 0.3 is 0 Å². The zero-order valence-electron chi connectivity index (χ0n) is 18.4. The molecule has 2 aliphatic rings. The van der Waals surface area contributed by atoms with Crippen molar-refractivity contribution >= 4 is 11.9 Å². The average Bonchev–Trinajstić information content (AvgIpc) is 2.84. The second kappa shape index (κ2) is 10.6. The van der Waals surface area contributed by atoms with Gasteiger partial charge in [-0.1, -0.05) is 12.1 Å². The Bertz CT molecular complexity index is 822. The van der Waals surface area contributed by atoms with E-state index in [0.717, 1.165) is 70.1 Å². The minimum atomic E-state index is 0.0210. The van der Waals surface area contributed by atoms with E-state index in [4.69, 9.17) is 4.74 Å². The van der Waals surface area contributed by atoms with Gasteiger partial charge in [0.05, 0.1) is 13.0 Å². The number of amides is 1. The molecule has 1 aromatic heterocycles. The van der Waals surface area contributed by atoms with Crippen molar-refractivity contribution in [1.82, 2.24) is 20.2 Å². The van der Waals surface area contributed by atoms with E-state index < -0.39 is 0 Å². The third-order valence-corrected chi connectivity index (χ3v) is 6.46. The first-order valence-corrected chi connectivity index (χ1v) is 11.4. The molecule has 0 aliphatic carbocycles. The number of ether oxygens (including phenoxy) is 1. The molecule has 3 heterocycles. The number of methoxy groups -OCH3 is 1. The summed E-state index contributed by atoms with van der Waals surface area (Å²) in [7, 11) is 1.69. The van der Waals surface area contributed by atoms with Crippen LogP contribution in [-0.4, -0.2) is 60.6 Å². The molecule has 0 spiro atoms. The predicted octanol–water partition coefficient (Wildman–Crippen LogP) is 2.73. The molecule has 1 aromatic carbocycles. The van der Waals surface area contributed by atoms with Crippen LogP contribution in [0.25, 0.3) is 0 Å². The van der Waals surface area contributed by atoms with Gasteiger partial charge in [-0.05, 0) is 68.5 Å². The topological polar surface area (TPSA) is 70.6 Å². The Balaban J connectivity index is 1.18. The Morgan fingerprint density at radius 3 is 2.55 bits per heavy atom. The van der Waals surface area contributed by atoms with Gasteiger partial charge in [-0.15, -0.1) is 0 Å². The molecule has 7 heteroatoms. The highest BCUT2D eigenvalue weighted by molar-refractivity contribution is 5.79. The van der Waals surface area contributed by atoms with Crippen molar-refractivity contribution in [1.29, 1.82) is 0 Å². The second-order valence-electron chi connectivity index (χ2n) is 8.65. The largest absolute Gasteiger partial charge is 0.497 e. The summed E-state index contributed by atoms with van der Waals surface area (Å²) in [5.74, 6) is 2.39. The van der Waals surface area contributed by atoms with Crippen molar-refractivity contribution in [2.75, 3.05) is 44.7 Å². The molecule has 0 radical (unpaired) electrons. The van der Waals surface area contributed by atoms with E-state index >= 15 is 0 Å². The molecule has 7 nitrogen and oxygen atoms in total. The minimum absolute atomic E-state index is 0.0210. The molecule has 0 unspecified atom stereocenters. The Labute approximate surface area is 184 Å². The predicted molar refractivity (Wildman–Crippen MR) is 121 cm³/mol. The molecule has 166 valence electrons. The van der Waals surface area contributed by atoms with E-state index in [2.05, 4.69) is 37.2 Å². The fourth-order valence-electron chi connectivity index (χ4n) is 4.55. The number of hydrogen-bond acceptors (Lipinski definition) is 6. The van der Waals surface area contributed by atoms with Crippen LogP contribution >= 0.6 is 0 Å². The standard InChI is InChI=1S/C24H33N5O2/c1-31-22-7-5-20(6-8-22)17-28-14-9-19(10-15-28)16-27-23(30)21-4-2-13-29(18-21)24-25-11-3-12-26-24/h3,5-8,11-12,19,21H,2,4,9-10,13-18H2,1H3,(H,27,30)/t21-/m0/s1. The first kappa shape index (κ1) is 21.6. The Hall–Kier alpha value is -2.67. The molecule has 4 rings (SSSR count). The van der Waals surface area contributed by atoms with Crippen LogP contribution in [0.4, 0.5) is 5.95 Å². The minimum Gasteiger partial charge on any atom is -0.497 e. The molecule has 2 saturated heterocycles. The lowest BCUT2D eigenvalue weighted by Crippen LogP contribution is -2.45. The number of anilines is 1. The number of benzene rings is 1. The lowest BCUT2D eigenvalue weighted by Gasteiger charge is -2.34. The number of carbonyl (C=O) groups is 1. The number of piperidine rings is 2. The third-order valence-electron chi connectivity index (χ3n) is 6.46.